The summed E-state index contributed by atoms with van der Waals surface area (Å²) in [5.74, 6) is 0.487. The molecule has 174 valence electrons. The molecular weight excluding hydrogens is 431 g/mol. The molecule has 1 saturated carbocycles. The van der Waals surface area contributed by atoms with E-state index in [1.807, 2.05) is 24.3 Å². The molecule has 1 aliphatic carbocycles. The van der Waals surface area contributed by atoms with Crippen molar-refractivity contribution in [3.05, 3.63) is 78.3 Å². The monoisotopic (exact) mass is 458 g/mol. The zero-order chi connectivity index (χ0) is 23.9. The van der Waals surface area contributed by atoms with E-state index in [2.05, 4.69) is 36.1 Å². The molecule has 0 atom stereocenters. The van der Waals surface area contributed by atoms with Gasteiger partial charge in [-0.05, 0) is 81.1 Å². The van der Waals surface area contributed by atoms with Gasteiger partial charge < -0.3 is 14.6 Å². The largest absolute Gasteiger partial charge is 0.459 e. The third kappa shape index (κ3) is 4.64. The Morgan fingerprint density at radius 2 is 1.88 bits per heavy atom. The van der Waals surface area contributed by atoms with Crippen LogP contribution in [0.5, 0.6) is 0 Å². The van der Waals surface area contributed by atoms with Gasteiger partial charge in [0.2, 0.25) is 0 Å². The standard InChI is InChI=1S/C27H27FN4O2/c1-27(2,3)31-25-21-14-18(7-11-23(21)29-16-30-25)17-6-10-22(28)19(13-17)15-32(20-8-9-20)26(33)24-5-4-12-34-24/h4-7,10-14,16,20H,8-9,15H2,1-3H3,(H,29,30,31). The van der Waals surface area contributed by atoms with E-state index < -0.39 is 0 Å². The summed E-state index contributed by atoms with van der Waals surface area (Å²) in [4.78, 5) is 23.5. The molecule has 1 amide bonds. The first-order valence-corrected chi connectivity index (χ1v) is 11.4. The lowest BCUT2D eigenvalue weighted by Gasteiger charge is -2.22. The molecular formula is C27H27FN4O2. The number of hydrogen-bond acceptors (Lipinski definition) is 5. The van der Waals surface area contributed by atoms with Crippen LogP contribution in [-0.4, -0.2) is 32.4 Å². The second kappa shape index (κ2) is 8.56. The maximum absolute atomic E-state index is 14.8. The highest BCUT2D eigenvalue weighted by molar-refractivity contribution is 5.93. The van der Waals surface area contributed by atoms with E-state index in [4.69, 9.17) is 4.42 Å². The van der Waals surface area contributed by atoms with Crippen LogP contribution in [0.2, 0.25) is 0 Å². The Kier molecular flexibility index (Phi) is 5.55. The summed E-state index contributed by atoms with van der Waals surface area (Å²) in [6.07, 6.45) is 4.87. The van der Waals surface area contributed by atoms with E-state index in [-0.39, 0.29) is 35.6 Å². The van der Waals surface area contributed by atoms with E-state index in [9.17, 15) is 9.18 Å². The van der Waals surface area contributed by atoms with Gasteiger partial charge in [-0.3, -0.25) is 4.79 Å². The van der Waals surface area contributed by atoms with Gasteiger partial charge in [0.05, 0.1) is 11.8 Å². The number of halogens is 1. The second-order valence-electron chi connectivity index (χ2n) is 9.78. The first kappa shape index (κ1) is 22.1. The second-order valence-corrected chi connectivity index (χ2v) is 9.78. The number of benzene rings is 2. The van der Waals surface area contributed by atoms with E-state index in [0.717, 1.165) is 40.7 Å². The molecule has 2 aromatic carbocycles. The van der Waals surface area contributed by atoms with Gasteiger partial charge in [-0.2, -0.15) is 0 Å². The van der Waals surface area contributed by atoms with Crippen LogP contribution in [0.1, 0.15) is 49.7 Å². The van der Waals surface area contributed by atoms with Gasteiger partial charge in [-0.15, -0.1) is 0 Å². The molecule has 7 heteroatoms. The number of carbonyl (C=O) groups is 1. The normalized spacial score (nSPS) is 13.8. The highest BCUT2D eigenvalue weighted by Crippen LogP contribution is 2.33. The molecule has 0 spiro atoms. The van der Waals surface area contributed by atoms with Gasteiger partial charge in [0.15, 0.2) is 5.76 Å². The van der Waals surface area contributed by atoms with E-state index in [0.29, 0.717) is 5.56 Å². The lowest BCUT2D eigenvalue weighted by Crippen LogP contribution is -2.32. The van der Waals surface area contributed by atoms with Gasteiger partial charge in [-0.25, -0.2) is 14.4 Å². The number of aromatic nitrogens is 2. The Balaban J connectivity index is 1.49. The maximum atomic E-state index is 14.8. The van der Waals surface area contributed by atoms with Crippen LogP contribution in [0.15, 0.2) is 65.5 Å². The summed E-state index contributed by atoms with van der Waals surface area (Å²) >= 11 is 0. The topological polar surface area (TPSA) is 71.3 Å². The molecule has 1 aliphatic rings. The number of anilines is 1. The van der Waals surface area contributed by atoms with E-state index in [1.54, 1.807) is 29.4 Å². The average molecular weight is 459 g/mol. The predicted octanol–water partition coefficient (Wildman–Crippen LogP) is 6.04. The van der Waals surface area contributed by atoms with E-state index in [1.165, 1.54) is 12.3 Å². The molecule has 1 N–H and O–H groups in total. The first-order valence-electron chi connectivity index (χ1n) is 11.4. The van der Waals surface area contributed by atoms with Gasteiger partial charge in [0.25, 0.3) is 5.91 Å². The molecule has 0 unspecified atom stereocenters. The molecule has 2 aromatic heterocycles. The Labute approximate surface area is 197 Å². The summed E-state index contributed by atoms with van der Waals surface area (Å²) in [6, 6.07) is 14.4. The molecule has 4 aromatic rings. The lowest BCUT2D eigenvalue weighted by molar-refractivity contribution is 0.0696. The minimum Gasteiger partial charge on any atom is -0.459 e. The van der Waals surface area contributed by atoms with Crippen molar-refractivity contribution < 1.29 is 13.6 Å². The van der Waals surface area contributed by atoms with Crippen LogP contribution in [0.4, 0.5) is 10.2 Å². The number of rotatable bonds is 6. The van der Waals surface area contributed by atoms with Crippen LogP contribution in [-0.2, 0) is 6.54 Å². The summed E-state index contributed by atoms with van der Waals surface area (Å²) in [5.41, 5.74) is 2.94. The smallest absolute Gasteiger partial charge is 0.290 e. The number of fused-ring (bicyclic) bond motifs is 1. The van der Waals surface area contributed by atoms with Crippen molar-refractivity contribution in [1.82, 2.24) is 14.9 Å². The van der Waals surface area contributed by atoms with Crippen molar-refractivity contribution in [2.24, 2.45) is 0 Å². The predicted molar refractivity (Wildman–Crippen MR) is 130 cm³/mol. The molecule has 6 nitrogen and oxygen atoms in total. The molecule has 0 saturated heterocycles. The Morgan fingerprint density at radius 3 is 2.59 bits per heavy atom. The molecule has 0 aliphatic heterocycles. The summed E-state index contributed by atoms with van der Waals surface area (Å²) in [6.45, 7) is 6.42. The van der Waals surface area contributed by atoms with Crippen molar-refractivity contribution in [3.63, 3.8) is 0 Å². The van der Waals surface area contributed by atoms with Crippen LogP contribution in [0, 0.1) is 5.82 Å². The van der Waals surface area contributed by atoms with Gasteiger partial charge >= 0.3 is 0 Å². The molecule has 0 radical (unpaired) electrons. The summed E-state index contributed by atoms with van der Waals surface area (Å²) < 4.78 is 20.1. The summed E-state index contributed by atoms with van der Waals surface area (Å²) in [7, 11) is 0. The molecule has 2 heterocycles. The number of amides is 1. The van der Waals surface area contributed by atoms with Gasteiger partial charge in [-0.1, -0.05) is 12.1 Å². The Bertz CT molecular complexity index is 1340. The fourth-order valence-corrected chi connectivity index (χ4v) is 4.04. The average Bonchev–Trinajstić information content (AvgIpc) is 3.49. The van der Waals surface area contributed by atoms with Crippen molar-refractivity contribution >= 4 is 22.6 Å². The van der Waals surface area contributed by atoms with E-state index >= 15 is 0 Å². The van der Waals surface area contributed by atoms with Crippen molar-refractivity contribution in [1.29, 1.82) is 0 Å². The number of nitrogens with one attached hydrogen (secondary N) is 1. The lowest BCUT2D eigenvalue weighted by atomic mass is 10.00. The fourth-order valence-electron chi connectivity index (χ4n) is 4.04. The minimum absolute atomic E-state index is 0.115. The Hall–Kier alpha value is -3.74. The molecule has 34 heavy (non-hydrogen) atoms. The first-order chi connectivity index (χ1) is 16.3. The Morgan fingerprint density at radius 1 is 1.12 bits per heavy atom. The zero-order valence-electron chi connectivity index (χ0n) is 19.5. The maximum Gasteiger partial charge on any atom is 0.290 e. The van der Waals surface area contributed by atoms with Crippen LogP contribution < -0.4 is 5.32 Å². The van der Waals surface area contributed by atoms with Crippen molar-refractivity contribution in [3.8, 4) is 11.1 Å². The van der Waals surface area contributed by atoms with Crippen molar-refractivity contribution in [2.45, 2.75) is 51.7 Å². The third-order valence-electron chi connectivity index (χ3n) is 5.83. The van der Waals surface area contributed by atoms with Crippen LogP contribution in [0.25, 0.3) is 22.0 Å². The highest BCUT2D eigenvalue weighted by Gasteiger charge is 2.34. The van der Waals surface area contributed by atoms with Crippen LogP contribution >= 0.6 is 0 Å². The zero-order valence-corrected chi connectivity index (χ0v) is 19.5. The number of hydrogen-bond donors (Lipinski definition) is 1. The SMILES string of the molecule is CC(C)(C)Nc1ncnc2ccc(-c3ccc(F)c(CN(C(=O)c4ccco4)C4CC4)c3)cc12. The van der Waals surface area contributed by atoms with Crippen molar-refractivity contribution in [2.75, 3.05) is 5.32 Å². The number of nitrogens with zero attached hydrogens (tertiary/aromatic N) is 3. The van der Waals surface area contributed by atoms with Gasteiger partial charge in [0, 0.05) is 29.1 Å². The quantitative estimate of drug-likeness (QED) is 0.381. The number of furan rings is 1. The summed E-state index contributed by atoms with van der Waals surface area (Å²) in [5, 5.41) is 4.33. The molecule has 1 fully saturated rings. The molecule has 0 bridgehead atoms. The minimum atomic E-state index is -0.333. The molecule has 5 rings (SSSR count). The van der Waals surface area contributed by atoms with Crippen LogP contribution in [0.3, 0.4) is 0 Å². The van der Waals surface area contributed by atoms with Gasteiger partial charge in [0.1, 0.15) is 18.0 Å². The number of carbonyl (C=O) groups excluding carboxylic acids is 1. The fraction of sp³-hybridized carbons (Fsp3) is 0.296. The highest BCUT2D eigenvalue weighted by atomic mass is 19.1. The third-order valence-corrected chi connectivity index (χ3v) is 5.83.